The molecule has 2 N–H and O–H groups in total. The first kappa shape index (κ1) is 14.1. The van der Waals surface area contributed by atoms with Gasteiger partial charge in [0.1, 0.15) is 17.5 Å². The molecule has 1 fully saturated rings. The molecule has 0 aromatic heterocycles. The Hall–Kier alpha value is -2.82. The summed E-state index contributed by atoms with van der Waals surface area (Å²) in [6, 6.07) is 16.5. The van der Waals surface area contributed by atoms with Gasteiger partial charge in [-0.25, -0.2) is 0 Å². The molecule has 5 heteroatoms. The van der Waals surface area contributed by atoms with E-state index in [9.17, 15) is 9.59 Å². The molecule has 0 saturated carbocycles. The maximum absolute atomic E-state index is 11.7. The molecule has 5 nitrogen and oxygen atoms in total. The van der Waals surface area contributed by atoms with Crippen molar-refractivity contribution in [3.05, 3.63) is 54.6 Å². The number of rotatable bonds is 4. The van der Waals surface area contributed by atoms with Crippen LogP contribution in [-0.2, 0) is 9.59 Å². The first-order valence-electron chi connectivity index (χ1n) is 7.14. The van der Waals surface area contributed by atoms with Crippen LogP contribution >= 0.6 is 0 Å². The average Bonchev–Trinajstić information content (AvgIpc) is 2.53. The minimum atomic E-state index is -0.376. The number of piperidine rings is 1. The number of carbonyl (C=O) groups is 2. The van der Waals surface area contributed by atoms with Crippen LogP contribution in [0.5, 0.6) is 11.5 Å². The summed E-state index contributed by atoms with van der Waals surface area (Å²) in [4.78, 5) is 22.8. The van der Waals surface area contributed by atoms with Gasteiger partial charge in [0.2, 0.25) is 11.8 Å². The lowest BCUT2D eigenvalue weighted by molar-refractivity contribution is -0.133. The van der Waals surface area contributed by atoms with Gasteiger partial charge in [0.25, 0.3) is 0 Å². The van der Waals surface area contributed by atoms with Crippen molar-refractivity contribution in [3.8, 4) is 11.5 Å². The Morgan fingerprint density at radius 1 is 0.955 bits per heavy atom. The Labute approximate surface area is 128 Å². The number of hydrogen-bond acceptors (Lipinski definition) is 4. The predicted octanol–water partition coefficient (Wildman–Crippen LogP) is 2.70. The van der Waals surface area contributed by atoms with Gasteiger partial charge in [-0.2, -0.15) is 0 Å². The average molecular weight is 296 g/mol. The maximum atomic E-state index is 11.7. The molecule has 112 valence electrons. The Morgan fingerprint density at radius 2 is 1.64 bits per heavy atom. The van der Waals surface area contributed by atoms with E-state index in [4.69, 9.17) is 4.74 Å². The molecule has 2 aromatic rings. The van der Waals surface area contributed by atoms with Crippen molar-refractivity contribution < 1.29 is 14.3 Å². The number of amides is 2. The third kappa shape index (κ3) is 3.44. The minimum Gasteiger partial charge on any atom is -0.457 e. The molecule has 0 radical (unpaired) electrons. The van der Waals surface area contributed by atoms with E-state index in [2.05, 4.69) is 10.6 Å². The summed E-state index contributed by atoms with van der Waals surface area (Å²) in [5.41, 5.74) is 0.815. The first-order chi connectivity index (χ1) is 10.7. The van der Waals surface area contributed by atoms with E-state index in [1.807, 2.05) is 54.6 Å². The van der Waals surface area contributed by atoms with Crippen LogP contribution in [0.2, 0.25) is 0 Å². The van der Waals surface area contributed by atoms with Crippen LogP contribution in [0.25, 0.3) is 0 Å². The lowest BCUT2D eigenvalue weighted by Gasteiger charge is -2.22. The largest absolute Gasteiger partial charge is 0.457 e. The van der Waals surface area contributed by atoms with Crippen molar-refractivity contribution >= 4 is 17.5 Å². The molecule has 0 bridgehead atoms. The molecule has 1 unspecified atom stereocenters. The normalized spacial score (nSPS) is 17.7. The number of benzene rings is 2. The summed E-state index contributed by atoms with van der Waals surface area (Å²) in [5, 5.41) is 5.45. The van der Waals surface area contributed by atoms with E-state index in [1.165, 1.54) is 0 Å². The summed E-state index contributed by atoms with van der Waals surface area (Å²) in [5.74, 6) is 1.00. The standard InChI is InChI=1S/C17H16N2O3/c20-16-11-10-15(17(21)19-16)18-12-6-8-14(9-7-12)22-13-4-2-1-3-5-13/h1-9,15,18H,10-11H2,(H,19,20,21). The van der Waals surface area contributed by atoms with Gasteiger partial charge >= 0.3 is 0 Å². The predicted molar refractivity (Wildman–Crippen MR) is 82.8 cm³/mol. The van der Waals surface area contributed by atoms with Crippen LogP contribution in [-0.4, -0.2) is 17.9 Å². The van der Waals surface area contributed by atoms with E-state index in [0.29, 0.717) is 12.8 Å². The van der Waals surface area contributed by atoms with E-state index in [-0.39, 0.29) is 17.9 Å². The summed E-state index contributed by atoms with van der Waals surface area (Å²) in [6.45, 7) is 0. The number of para-hydroxylation sites is 1. The topological polar surface area (TPSA) is 67.4 Å². The number of anilines is 1. The van der Waals surface area contributed by atoms with Crippen LogP contribution in [0.1, 0.15) is 12.8 Å². The molecule has 0 spiro atoms. The third-order valence-electron chi connectivity index (χ3n) is 3.41. The molecule has 3 rings (SSSR count). The van der Waals surface area contributed by atoms with Crippen LogP contribution in [0, 0.1) is 0 Å². The van der Waals surface area contributed by atoms with Crippen molar-refractivity contribution in [2.24, 2.45) is 0 Å². The summed E-state index contributed by atoms with van der Waals surface area (Å²) in [6.07, 6.45) is 0.867. The van der Waals surface area contributed by atoms with Crippen molar-refractivity contribution in [1.29, 1.82) is 0 Å². The van der Waals surface area contributed by atoms with Gasteiger partial charge in [-0.1, -0.05) is 18.2 Å². The fraction of sp³-hybridized carbons (Fsp3) is 0.176. The summed E-state index contributed by atoms with van der Waals surface area (Å²) < 4.78 is 5.71. The Kier molecular flexibility index (Phi) is 4.05. The van der Waals surface area contributed by atoms with E-state index in [1.54, 1.807) is 0 Å². The molecular formula is C17H16N2O3. The Bertz CT molecular complexity index is 668. The Balaban J connectivity index is 1.62. The SMILES string of the molecule is O=C1CCC(Nc2ccc(Oc3ccccc3)cc2)C(=O)N1. The smallest absolute Gasteiger partial charge is 0.249 e. The van der Waals surface area contributed by atoms with Crippen molar-refractivity contribution in [1.82, 2.24) is 5.32 Å². The fourth-order valence-electron chi connectivity index (χ4n) is 2.28. The van der Waals surface area contributed by atoms with Crippen molar-refractivity contribution in [2.45, 2.75) is 18.9 Å². The second-order valence-electron chi connectivity index (χ2n) is 5.09. The van der Waals surface area contributed by atoms with Gasteiger partial charge in [0, 0.05) is 12.1 Å². The highest BCUT2D eigenvalue weighted by molar-refractivity contribution is 6.01. The van der Waals surface area contributed by atoms with Gasteiger partial charge in [-0.3, -0.25) is 14.9 Å². The number of carbonyl (C=O) groups excluding carboxylic acids is 2. The number of nitrogens with one attached hydrogen (secondary N) is 2. The molecular weight excluding hydrogens is 280 g/mol. The van der Waals surface area contributed by atoms with Crippen molar-refractivity contribution in [2.75, 3.05) is 5.32 Å². The van der Waals surface area contributed by atoms with E-state index >= 15 is 0 Å². The molecule has 0 aliphatic carbocycles. The number of ether oxygens (including phenoxy) is 1. The molecule has 22 heavy (non-hydrogen) atoms. The highest BCUT2D eigenvalue weighted by Gasteiger charge is 2.26. The fourth-order valence-corrected chi connectivity index (χ4v) is 2.28. The molecule has 1 heterocycles. The highest BCUT2D eigenvalue weighted by atomic mass is 16.5. The van der Waals surface area contributed by atoms with Crippen LogP contribution in [0.4, 0.5) is 5.69 Å². The Morgan fingerprint density at radius 3 is 2.32 bits per heavy atom. The lowest BCUT2D eigenvalue weighted by Crippen LogP contribution is -2.47. The number of hydrogen-bond donors (Lipinski definition) is 2. The molecule has 1 aliphatic rings. The highest BCUT2D eigenvalue weighted by Crippen LogP contribution is 2.23. The van der Waals surface area contributed by atoms with Crippen LogP contribution < -0.4 is 15.4 Å². The van der Waals surface area contributed by atoms with Crippen LogP contribution in [0.15, 0.2) is 54.6 Å². The molecule has 2 aromatic carbocycles. The quantitative estimate of drug-likeness (QED) is 0.851. The zero-order valence-electron chi connectivity index (χ0n) is 11.9. The molecule has 1 saturated heterocycles. The van der Waals surface area contributed by atoms with Gasteiger partial charge in [-0.15, -0.1) is 0 Å². The van der Waals surface area contributed by atoms with Gasteiger partial charge < -0.3 is 10.1 Å². The van der Waals surface area contributed by atoms with Crippen molar-refractivity contribution in [3.63, 3.8) is 0 Å². The molecule has 1 aliphatic heterocycles. The van der Waals surface area contributed by atoms with Gasteiger partial charge in [0.05, 0.1) is 0 Å². The molecule has 2 amide bonds. The molecule has 1 atom stereocenters. The second-order valence-corrected chi connectivity index (χ2v) is 5.09. The van der Waals surface area contributed by atoms with Crippen LogP contribution in [0.3, 0.4) is 0 Å². The zero-order valence-corrected chi connectivity index (χ0v) is 11.9. The summed E-state index contributed by atoms with van der Waals surface area (Å²) >= 11 is 0. The van der Waals surface area contributed by atoms with Gasteiger partial charge in [0.15, 0.2) is 0 Å². The maximum Gasteiger partial charge on any atom is 0.249 e. The third-order valence-corrected chi connectivity index (χ3v) is 3.41. The first-order valence-corrected chi connectivity index (χ1v) is 7.14. The lowest BCUT2D eigenvalue weighted by atomic mass is 10.1. The van der Waals surface area contributed by atoms with E-state index < -0.39 is 0 Å². The van der Waals surface area contributed by atoms with Gasteiger partial charge in [-0.05, 0) is 42.8 Å². The number of imide groups is 1. The monoisotopic (exact) mass is 296 g/mol. The summed E-state index contributed by atoms with van der Waals surface area (Å²) in [7, 11) is 0. The van der Waals surface area contributed by atoms with E-state index in [0.717, 1.165) is 17.2 Å². The second kappa shape index (κ2) is 6.30. The zero-order chi connectivity index (χ0) is 15.4. The minimum absolute atomic E-state index is 0.213.